The van der Waals surface area contributed by atoms with Gasteiger partial charge >= 0.3 is 0 Å². The van der Waals surface area contributed by atoms with E-state index in [9.17, 15) is 17.2 Å². The first-order valence-corrected chi connectivity index (χ1v) is 7.49. The summed E-state index contributed by atoms with van der Waals surface area (Å²) in [7, 11) is -3.50. The maximum absolute atomic E-state index is 13.6. The van der Waals surface area contributed by atoms with Gasteiger partial charge in [0.05, 0.1) is 22.0 Å². The van der Waals surface area contributed by atoms with Crippen molar-refractivity contribution in [2.24, 2.45) is 0 Å². The fraction of sp³-hybridized carbons (Fsp3) is 0.0769. The van der Waals surface area contributed by atoms with Gasteiger partial charge in [-0.3, -0.25) is 0 Å². The zero-order chi connectivity index (χ0) is 14.9. The summed E-state index contributed by atoms with van der Waals surface area (Å²) in [5.74, 6) is -2.07. The maximum Gasteiger partial charge on any atom is 0.182 e. The fourth-order valence-electron chi connectivity index (χ4n) is 1.72. The lowest BCUT2D eigenvalue weighted by atomic mass is 10.2. The lowest BCUT2D eigenvalue weighted by molar-refractivity contribution is 0.512. The van der Waals surface area contributed by atoms with Crippen LogP contribution in [0.4, 0.5) is 25.8 Å². The summed E-state index contributed by atoms with van der Waals surface area (Å²) in [6.07, 6.45) is 1.02. The summed E-state index contributed by atoms with van der Waals surface area (Å²) in [5.41, 5.74) is 5.77. The third-order valence-electron chi connectivity index (χ3n) is 2.69. The predicted molar refractivity (Wildman–Crippen MR) is 73.6 cm³/mol. The number of nitrogens with two attached hydrogens (primary N) is 1. The van der Waals surface area contributed by atoms with Gasteiger partial charge in [-0.05, 0) is 24.3 Å². The zero-order valence-corrected chi connectivity index (χ0v) is 11.3. The third kappa shape index (κ3) is 2.72. The second-order valence-electron chi connectivity index (χ2n) is 4.22. The summed E-state index contributed by atoms with van der Waals surface area (Å²) in [6.45, 7) is 0. The first-order valence-electron chi connectivity index (χ1n) is 5.60. The molecule has 0 amide bonds. The topological polar surface area (TPSA) is 72.2 Å². The molecule has 2 rings (SSSR count). The van der Waals surface area contributed by atoms with Gasteiger partial charge in [0.25, 0.3) is 0 Å². The highest BCUT2D eigenvalue weighted by atomic mass is 32.2. The van der Waals surface area contributed by atoms with Gasteiger partial charge in [0.1, 0.15) is 0 Å². The molecule has 0 atom stereocenters. The van der Waals surface area contributed by atoms with Crippen molar-refractivity contribution in [2.75, 3.05) is 17.3 Å². The summed E-state index contributed by atoms with van der Waals surface area (Å²) in [6, 6.07) is 7.93. The van der Waals surface area contributed by atoms with Gasteiger partial charge in [0.2, 0.25) is 0 Å². The molecule has 0 bridgehead atoms. The molecular weight excluding hydrogens is 286 g/mol. The fourth-order valence-corrected chi connectivity index (χ4v) is 2.56. The van der Waals surface area contributed by atoms with Crippen molar-refractivity contribution in [3.05, 3.63) is 48.0 Å². The van der Waals surface area contributed by atoms with E-state index in [4.69, 9.17) is 5.73 Å². The number of nitrogen functional groups attached to an aromatic ring is 1. The number of anilines is 3. The van der Waals surface area contributed by atoms with Crippen molar-refractivity contribution in [1.29, 1.82) is 0 Å². The monoisotopic (exact) mass is 298 g/mol. The van der Waals surface area contributed by atoms with Crippen LogP contribution in [0, 0.1) is 11.6 Å². The maximum atomic E-state index is 13.6. The Labute approximate surface area is 115 Å². The number of halogens is 2. The molecule has 0 unspecified atom stereocenters. The normalized spacial score (nSPS) is 11.3. The molecule has 0 heterocycles. The van der Waals surface area contributed by atoms with E-state index in [-0.39, 0.29) is 22.0 Å². The van der Waals surface area contributed by atoms with Crippen LogP contribution in [0.15, 0.2) is 41.3 Å². The molecule has 0 saturated heterocycles. The summed E-state index contributed by atoms with van der Waals surface area (Å²) in [4.78, 5) is -0.0701. The minimum atomic E-state index is -3.50. The van der Waals surface area contributed by atoms with Crippen LogP contribution in [0.25, 0.3) is 0 Å². The van der Waals surface area contributed by atoms with E-state index in [0.717, 1.165) is 12.3 Å². The number of benzene rings is 2. The zero-order valence-electron chi connectivity index (χ0n) is 10.5. The molecule has 0 radical (unpaired) electrons. The highest BCUT2D eigenvalue weighted by Crippen LogP contribution is 2.30. The first kappa shape index (κ1) is 14.3. The lowest BCUT2D eigenvalue weighted by Gasteiger charge is -2.12. The van der Waals surface area contributed by atoms with Gasteiger partial charge < -0.3 is 11.1 Å². The van der Waals surface area contributed by atoms with Crippen molar-refractivity contribution in [3.63, 3.8) is 0 Å². The van der Waals surface area contributed by atoms with Crippen LogP contribution in [0.5, 0.6) is 0 Å². The van der Waals surface area contributed by atoms with E-state index >= 15 is 0 Å². The van der Waals surface area contributed by atoms with Crippen LogP contribution in [-0.4, -0.2) is 14.7 Å². The van der Waals surface area contributed by atoms with Crippen molar-refractivity contribution in [1.82, 2.24) is 0 Å². The summed E-state index contributed by atoms with van der Waals surface area (Å²) < 4.78 is 49.7. The lowest BCUT2D eigenvalue weighted by Crippen LogP contribution is -2.06. The van der Waals surface area contributed by atoms with Crippen LogP contribution in [0.3, 0.4) is 0 Å². The number of para-hydroxylation sites is 1. The average molecular weight is 298 g/mol. The van der Waals surface area contributed by atoms with Crippen molar-refractivity contribution >= 4 is 26.9 Å². The Balaban J connectivity index is 2.48. The minimum Gasteiger partial charge on any atom is -0.396 e. The third-order valence-corrected chi connectivity index (χ3v) is 3.84. The molecule has 20 heavy (non-hydrogen) atoms. The highest BCUT2D eigenvalue weighted by molar-refractivity contribution is 7.90. The molecule has 2 aromatic rings. The van der Waals surface area contributed by atoms with Gasteiger partial charge in [-0.15, -0.1) is 0 Å². The molecule has 0 aliphatic carbocycles. The number of rotatable bonds is 3. The Hall–Kier alpha value is -2.15. The number of hydrogen-bond acceptors (Lipinski definition) is 4. The largest absolute Gasteiger partial charge is 0.396 e. The van der Waals surface area contributed by atoms with Crippen LogP contribution < -0.4 is 11.1 Å². The SMILES string of the molecule is CS(=O)(=O)c1cccc(Nc2cccc(F)c2F)c1N. The van der Waals surface area contributed by atoms with Gasteiger partial charge in [-0.2, -0.15) is 0 Å². The highest BCUT2D eigenvalue weighted by Gasteiger charge is 2.15. The standard InChI is InChI=1S/C13H12F2N2O2S/c1-20(18,19)11-7-3-6-10(13(11)16)17-9-5-2-4-8(14)12(9)15/h2-7,17H,16H2,1H3. The first-order chi connectivity index (χ1) is 9.30. The average Bonchev–Trinajstić information content (AvgIpc) is 2.36. The van der Waals surface area contributed by atoms with E-state index in [1.807, 2.05) is 0 Å². The molecule has 7 heteroatoms. The molecule has 0 spiro atoms. The Kier molecular flexibility index (Phi) is 3.63. The van der Waals surface area contributed by atoms with Crippen LogP contribution in [0.1, 0.15) is 0 Å². The van der Waals surface area contributed by atoms with Gasteiger partial charge in [-0.1, -0.05) is 12.1 Å². The second kappa shape index (κ2) is 5.09. The smallest absolute Gasteiger partial charge is 0.182 e. The van der Waals surface area contributed by atoms with Gasteiger partial charge in [-0.25, -0.2) is 17.2 Å². The van der Waals surface area contributed by atoms with Crippen molar-refractivity contribution in [2.45, 2.75) is 4.90 Å². The van der Waals surface area contributed by atoms with Crippen molar-refractivity contribution in [3.8, 4) is 0 Å². The molecule has 0 aromatic heterocycles. The second-order valence-corrected chi connectivity index (χ2v) is 6.20. The van der Waals surface area contributed by atoms with Crippen molar-refractivity contribution < 1.29 is 17.2 Å². The molecule has 0 saturated carbocycles. The van der Waals surface area contributed by atoms with Gasteiger partial charge in [0.15, 0.2) is 21.5 Å². The summed E-state index contributed by atoms with van der Waals surface area (Å²) >= 11 is 0. The Morgan fingerprint density at radius 3 is 2.30 bits per heavy atom. The van der Waals surface area contributed by atoms with E-state index in [2.05, 4.69) is 5.32 Å². The number of nitrogens with one attached hydrogen (secondary N) is 1. The van der Waals surface area contributed by atoms with Crippen LogP contribution in [-0.2, 0) is 9.84 Å². The molecule has 0 aliphatic heterocycles. The van der Waals surface area contributed by atoms with E-state index in [0.29, 0.717) is 0 Å². The van der Waals surface area contributed by atoms with E-state index in [1.54, 1.807) is 0 Å². The number of hydrogen-bond donors (Lipinski definition) is 2. The molecule has 3 N–H and O–H groups in total. The van der Waals surface area contributed by atoms with E-state index in [1.165, 1.54) is 30.3 Å². The van der Waals surface area contributed by atoms with Crippen LogP contribution >= 0.6 is 0 Å². The molecule has 0 aliphatic rings. The molecule has 4 nitrogen and oxygen atoms in total. The Morgan fingerprint density at radius 1 is 1.05 bits per heavy atom. The molecular formula is C13H12F2N2O2S. The minimum absolute atomic E-state index is 0.0429. The van der Waals surface area contributed by atoms with Crippen LogP contribution in [0.2, 0.25) is 0 Å². The Bertz CT molecular complexity index is 761. The molecule has 106 valence electrons. The predicted octanol–water partition coefficient (Wildman–Crippen LogP) is 2.69. The molecule has 0 fully saturated rings. The quantitative estimate of drug-likeness (QED) is 0.855. The van der Waals surface area contributed by atoms with Gasteiger partial charge in [0, 0.05) is 6.26 Å². The summed E-state index contributed by atoms with van der Waals surface area (Å²) in [5, 5.41) is 2.59. The molecule has 2 aromatic carbocycles. The van der Waals surface area contributed by atoms with E-state index < -0.39 is 21.5 Å². The Morgan fingerprint density at radius 2 is 1.65 bits per heavy atom. The number of sulfone groups is 1.